The van der Waals surface area contributed by atoms with Crippen LogP contribution in [0.3, 0.4) is 0 Å². The summed E-state index contributed by atoms with van der Waals surface area (Å²) < 4.78 is 0. The molecule has 0 heterocycles. The van der Waals surface area contributed by atoms with Gasteiger partial charge in [-0.25, -0.2) is 0 Å². The van der Waals surface area contributed by atoms with Gasteiger partial charge in [-0.15, -0.1) is 5.23 Å². The summed E-state index contributed by atoms with van der Waals surface area (Å²) in [5.74, 6) is 0. The Morgan fingerprint density at radius 1 is 0.778 bits per heavy atom. The predicted molar refractivity (Wildman–Crippen MR) is 73.0 cm³/mol. The molecule has 0 aliphatic rings. The number of nitrogens with zero attached hydrogens (tertiary/aromatic N) is 2. The van der Waals surface area contributed by atoms with Gasteiger partial charge in [-0.1, -0.05) is 36.4 Å². The maximum Gasteiger partial charge on any atom is 0.234 e. The SMILES string of the molecule is ON(O)C(=S)N(c1ccccc1)c1ccccc1. The zero-order valence-corrected chi connectivity index (χ0v) is 10.3. The van der Waals surface area contributed by atoms with E-state index >= 15 is 0 Å². The number of thiocarbonyl (C=S) groups is 1. The number of hydrogen-bond acceptors (Lipinski definition) is 3. The van der Waals surface area contributed by atoms with Crippen LogP contribution in [0.15, 0.2) is 60.7 Å². The molecule has 2 aromatic carbocycles. The van der Waals surface area contributed by atoms with Crippen LogP contribution in [0.5, 0.6) is 0 Å². The van der Waals surface area contributed by atoms with E-state index in [1.807, 2.05) is 60.7 Å². The van der Waals surface area contributed by atoms with Gasteiger partial charge in [0.1, 0.15) is 0 Å². The summed E-state index contributed by atoms with van der Waals surface area (Å²) in [4.78, 5) is 1.56. The molecule has 2 N–H and O–H groups in total. The minimum absolute atomic E-state index is 0.0602. The highest BCUT2D eigenvalue weighted by Gasteiger charge is 2.17. The minimum atomic E-state index is -0.118. The van der Waals surface area contributed by atoms with E-state index in [0.29, 0.717) is 0 Å². The van der Waals surface area contributed by atoms with Crippen LogP contribution in [0.2, 0.25) is 0 Å². The Morgan fingerprint density at radius 2 is 1.17 bits per heavy atom. The molecule has 4 nitrogen and oxygen atoms in total. The van der Waals surface area contributed by atoms with Crippen LogP contribution in [-0.2, 0) is 0 Å². The fourth-order valence-electron chi connectivity index (χ4n) is 1.61. The van der Waals surface area contributed by atoms with E-state index < -0.39 is 0 Å². The van der Waals surface area contributed by atoms with Gasteiger partial charge in [-0.2, -0.15) is 0 Å². The summed E-state index contributed by atoms with van der Waals surface area (Å²) in [6, 6.07) is 18.5. The van der Waals surface area contributed by atoms with E-state index in [1.54, 1.807) is 4.90 Å². The first-order valence-corrected chi connectivity index (χ1v) is 5.73. The van der Waals surface area contributed by atoms with E-state index in [9.17, 15) is 0 Å². The van der Waals surface area contributed by atoms with Crippen molar-refractivity contribution in [1.82, 2.24) is 5.23 Å². The molecular formula is C13H12N2O2S. The highest BCUT2D eigenvalue weighted by molar-refractivity contribution is 7.80. The first-order chi connectivity index (χ1) is 8.70. The fraction of sp³-hybridized carbons (Fsp3) is 0. The second kappa shape index (κ2) is 5.59. The van der Waals surface area contributed by atoms with Crippen molar-refractivity contribution in [3.05, 3.63) is 60.7 Å². The number of anilines is 2. The maximum atomic E-state index is 9.12. The second-order valence-electron chi connectivity index (χ2n) is 3.58. The van der Waals surface area contributed by atoms with E-state index in [0.717, 1.165) is 11.4 Å². The van der Waals surface area contributed by atoms with Gasteiger partial charge in [0.2, 0.25) is 5.11 Å². The van der Waals surface area contributed by atoms with E-state index in [2.05, 4.69) is 0 Å². The molecule has 0 saturated heterocycles. The molecule has 5 heteroatoms. The van der Waals surface area contributed by atoms with E-state index in [-0.39, 0.29) is 10.3 Å². The third-order valence-corrected chi connectivity index (χ3v) is 2.74. The number of hydrogen-bond donors (Lipinski definition) is 2. The van der Waals surface area contributed by atoms with Gasteiger partial charge in [0.05, 0.1) is 0 Å². The van der Waals surface area contributed by atoms with Crippen molar-refractivity contribution in [2.24, 2.45) is 0 Å². The largest absolute Gasteiger partial charge is 0.284 e. The van der Waals surface area contributed by atoms with Crippen LogP contribution in [0, 0.1) is 0 Å². The fourth-order valence-corrected chi connectivity index (χ4v) is 1.82. The molecule has 0 bridgehead atoms. The van der Waals surface area contributed by atoms with Crippen molar-refractivity contribution in [2.75, 3.05) is 4.90 Å². The Hall–Kier alpha value is -1.95. The zero-order chi connectivity index (χ0) is 13.0. The van der Waals surface area contributed by atoms with Crippen molar-refractivity contribution >= 4 is 28.7 Å². The standard InChI is InChI=1S/C13H12N2O2S/c16-15(17)13(18)14(11-7-3-1-4-8-11)12-9-5-2-6-10-12/h1-10,16-17H. The minimum Gasteiger partial charge on any atom is -0.284 e. The lowest BCUT2D eigenvalue weighted by Crippen LogP contribution is -2.36. The number of rotatable bonds is 2. The quantitative estimate of drug-likeness (QED) is 0.641. The van der Waals surface area contributed by atoms with E-state index in [1.165, 1.54) is 0 Å². The van der Waals surface area contributed by atoms with Gasteiger partial charge in [-0.05, 0) is 36.5 Å². The highest BCUT2D eigenvalue weighted by Crippen LogP contribution is 2.25. The van der Waals surface area contributed by atoms with Gasteiger partial charge >= 0.3 is 0 Å². The Balaban J connectivity index is 2.45. The lowest BCUT2D eigenvalue weighted by molar-refractivity contribution is -0.243. The molecule has 0 saturated carbocycles. The number of para-hydroxylation sites is 2. The summed E-state index contributed by atoms with van der Waals surface area (Å²) in [7, 11) is 0. The lowest BCUT2D eigenvalue weighted by atomic mass is 10.2. The third-order valence-electron chi connectivity index (χ3n) is 2.39. The molecule has 2 rings (SSSR count). The zero-order valence-electron chi connectivity index (χ0n) is 9.47. The summed E-state index contributed by atoms with van der Waals surface area (Å²) in [5, 5.41) is 18.1. The van der Waals surface area contributed by atoms with Crippen LogP contribution in [0.1, 0.15) is 0 Å². The van der Waals surface area contributed by atoms with Crippen LogP contribution < -0.4 is 4.90 Å². The van der Waals surface area contributed by atoms with Crippen LogP contribution in [0.25, 0.3) is 0 Å². The first kappa shape index (κ1) is 12.5. The summed E-state index contributed by atoms with van der Waals surface area (Å²) in [5.41, 5.74) is 1.50. The molecule has 0 radical (unpaired) electrons. The average Bonchev–Trinajstić information content (AvgIpc) is 2.41. The third kappa shape index (κ3) is 2.65. The Morgan fingerprint density at radius 3 is 1.50 bits per heavy atom. The molecule has 0 fully saturated rings. The molecule has 0 spiro atoms. The molecule has 0 aliphatic carbocycles. The van der Waals surface area contributed by atoms with Crippen LogP contribution >= 0.6 is 12.2 Å². The van der Waals surface area contributed by atoms with Gasteiger partial charge in [-0.3, -0.25) is 15.3 Å². The van der Waals surface area contributed by atoms with E-state index in [4.69, 9.17) is 22.6 Å². The van der Waals surface area contributed by atoms with Crippen LogP contribution in [0.4, 0.5) is 11.4 Å². The molecular weight excluding hydrogens is 248 g/mol. The first-order valence-electron chi connectivity index (χ1n) is 5.32. The predicted octanol–water partition coefficient (Wildman–Crippen LogP) is 3.19. The lowest BCUT2D eigenvalue weighted by Gasteiger charge is -2.26. The highest BCUT2D eigenvalue weighted by atomic mass is 32.1. The second-order valence-corrected chi connectivity index (χ2v) is 3.94. The van der Waals surface area contributed by atoms with Crippen molar-refractivity contribution < 1.29 is 10.4 Å². The molecule has 0 amide bonds. The molecule has 2 aromatic rings. The number of benzene rings is 2. The maximum absolute atomic E-state index is 9.12. The molecule has 92 valence electrons. The molecule has 0 unspecified atom stereocenters. The average molecular weight is 260 g/mol. The molecule has 0 aromatic heterocycles. The molecule has 0 atom stereocenters. The molecule has 0 aliphatic heterocycles. The van der Waals surface area contributed by atoms with Crippen molar-refractivity contribution in [1.29, 1.82) is 0 Å². The van der Waals surface area contributed by atoms with Crippen molar-refractivity contribution in [3.63, 3.8) is 0 Å². The van der Waals surface area contributed by atoms with Crippen molar-refractivity contribution in [2.45, 2.75) is 0 Å². The number of hydroxylamine groups is 2. The Labute approximate surface area is 110 Å². The normalized spacial score (nSPS) is 9.89. The Kier molecular flexibility index (Phi) is 3.88. The van der Waals surface area contributed by atoms with Gasteiger partial charge < -0.3 is 0 Å². The molecule has 18 heavy (non-hydrogen) atoms. The van der Waals surface area contributed by atoms with Crippen LogP contribution in [-0.4, -0.2) is 20.8 Å². The summed E-state index contributed by atoms with van der Waals surface area (Å²) in [6.07, 6.45) is 0. The topological polar surface area (TPSA) is 46.9 Å². The smallest absolute Gasteiger partial charge is 0.234 e. The van der Waals surface area contributed by atoms with Crippen molar-refractivity contribution in [3.8, 4) is 0 Å². The monoisotopic (exact) mass is 260 g/mol. The van der Waals surface area contributed by atoms with Gasteiger partial charge in [0, 0.05) is 11.4 Å². The van der Waals surface area contributed by atoms with Gasteiger partial charge in [0.25, 0.3) is 0 Å². The Bertz CT molecular complexity index is 478. The van der Waals surface area contributed by atoms with Gasteiger partial charge in [0.15, 0.2) is 0 Å². The summed E-state index contributed by atoms with van der Waals surface area (Å²) in [6.45, 7) is 0. The summed E-state index contributed by atoms with van der Waals surface area (Å²) >= 11 is 5.02.